The molecule has 0 radical (unpaired) electrons. The van der Waals surface area contributed by atoms with Crippen LogP contribution in [0, 0.1) is 46.3 Å². The zero-order valence-corrected chi connectivity index (χ0v) is 18.3. The number of aryl methyl sites for hydroxylation is 1. The van der Waals surface area contributed by atoms with Gasteiger partial charge in [0, 0.05) is 23.6 Å². The van der Waals surface area contributed by atoms with Crippen molar-refractivity contribution < 1.29 is 5.11 Å². The summed E-state index contributed by atoms with van der Waals surface area (Å²) < 4.78 is 2.43. The van der Waals surface area contributed by atoms with Gasteiger partial charge in [-0.1, -0.05) is 0 Å². The molecule has 8 bridgehead atoms. The highest BCUT2D eigenvalue weighted by Gasteiger charge is 2.71. The van der Waals surface area contributed by atoms with Crippen LogP contribution in [0.1, 0.15) is 89.7 Å². The van der Waals surface area contributed by atoms with E-state index >= 15 is 0 Å². The van der Waals surface area contributed by atoms with E-state index < -0.39 is 5.60 Å². The molecule has 0 atom stereocenters. The lowest BCUT2D eigenvalue weighted by atomic mass is 9.36. The highest BCUT2D eigenvalue weighted by Crippen LogP contribution is 2.75. The van der Waals surface area contributed by atoms with Crippen LogP contribution >= 0.6 is 0 Å². The molecule has 0 unspecified atom stereocenters. The summed E-state index contributed by atoms with van der Waals surface area (Å²) in [6.45, 7) is 3.26. The zero-order valence-electron chi connectivity index (χ0n) is 18.3. The topological polar surface area (TPSA) is 25.2 Å². The lowest BCUT2D eigenvalue weighted by Gasteiger charge is -2.70. The van der Waals surface area contributed by atoms with E-state index in [4.69, 9.17) is 0 Å². The molecule has 8 saturated carbocycles. The summed E-state index contributed by atoms with van der Waals surface area (Å²) >= 11 is 0. The monoisotopic (exact) mass is 393 g/mol. The van der Waals surface area contributed by atoms with E-state index in [0.717, 1.165) is 42.1 Å². The molecule has 8 aliphatic rings. The van der Waals surface area contributed by atoms with Crippen molar-refractivity contribution in [3.8, 4) is 0 Å². The van der Waals surface area contributed by atoms with Gasteiger partial charge in [0.1, 0.15) is 5.60 Å². The predicted octanol–water partition coefficient (Wildman–Crippen LogP) is 6.13. The van der Waals surface area contributed by atoms with Gasteiger partial charge in [0.15, 0.2) is 0 Å². The van der Waals surface area contributed by atoms with E-state index in [2.05, 4.69) is 29.8 Å². The van der Waals surface area contributed by atoms with Crippen LogP contribution in [0.25, 0.3) is 0 Å². The van der Waals surface area contributed by atoms with Crippen molar-refractivity contribution in [2.75, 3.05) is 0 Å². The summed E-state index contributed by atoms with van der Waals surface area (Å²) in [5.74, 6) is 5.37. The Labute approximate surface area is 176 Å². The molecule has 2 heteroatoms. The van der Waals surface area contributed by atoms with Gasteiger partial charge >= 0.3 is 0 Å². The fraction of sp³-hybridized carbons (Fsp3) is 0.852. The number of hydrogen-bond donors (Lipinski definition) is 1. The standard InChI is InChI=1S/C27H39NO/c1-2-28-5-3-4-24(28)27(29,25-12-18-6-19(13-25)8-20(7-18)14-25)26-15-21-9-22(16-26)11-23(10-21)17-26/h3-5,18-23,29H,2,6-17H2,1H3. The van der Waals surface area contributed by atoms with Gasteiger partial charge in [-0.05, 0) is 132 Å². The lowest BCUT2D eigenvalue weighted by Crippen LogP contribution is -2.67. The fourth-order valence-corrected chi connectivity index (χ4v) is 11.2. The Bertz CT molecular complexity index is 704. The molecule has 0 saturated heterocycles. The summed E-state index contributed by atoms with van der Waals surface area (Å²) in [6.07, 6.45) is 18.9. The van der Waals surface area contributed by atoms with Crippen LogP contribution in [0.3, 0.4) is 0 Å². The molecule has 1 N–H and O–H groups in total. The molecule has 0 aliphatic heterocycles. The van der Waals surface area contributed by atoms with E-state index in [1.165, 1.54) is 82.7 Å². The second-order valence-electron chi connectivity index (χ2n) is 12.8. The van der Waals surface area contributed by atoms with Crippen LogP contribution in [0.4, 0.5) is 0 Å². The van der Waals surface area contributed by atoms with Crippen LogP contribution in [-0.2, 0) is 12.1 Å². The quantitative estimate of drug-likeness (QED) is 0.654. The van der Waals surface area contributed by atoms with Gasteiger partial charge in [-0.3, -0.25) is 0 Å². The zero-order chi connectivity index (χ0) is 19.4. The fourth-order valence-electron chi connectivity index (χ4n) is 11.2. The first-order chi connectivity index (χ1) is 14.0. The third-order valence-corrected chi connectivity index (χ3v) is 11.2. The predicted molar refractivity (Wildman–Crippen MR) is 115 cm³/mol. The van der Waals surface area contributed by atoms with E-state index in [0.29, 0.717) is 0 Å². The number of aromatic nitrogens is 1. The number of hydrogen-bond acceptors (Lipinski definition) is 1. The summed E-state index contributed by atoms with van der Waals surface area (Å²) in [6, 6.07) is 4.56. The second-order valence-corrected chi connectivity index (χ2v) is 12.8. The Balaban J connectivity index is 1.43. The second kappa shape index (κ2) is 5.72. The van der Waals surface area contributed by atoms with E-state index in [1.807, 2.05) is 0 Å². The van der Waals surface area contributed by atoms with Crippen molar-refractivity contribution in [3.05, 3.63) is 24.0 Å². The molecular weight excluding hydrogens is 354 g/mol. The van der Waals surface area contributed by atoms with Gasteiger partial charge in [0.05, 0.1) is 5.69 Å². The normalized spacial score (nSPS) is 51.5. The molecule has 1 aromatic rings. The first kappa shape index (κ1) is 17.9. The highest BCUT2D eigenvalue weighted by molar-refractivity contribution is 5.30. The van der Waals surface area contributed by atoms with Crippen molar-refractivity contribution in [1.29, 1.82) is 0 Å². The van der Waals surface area contributed by atoms with E-state index in [9.17, 15) is 5.11 Å². The maximum atomic E-state index is 13.4. The molecule has 158 valence electrons. The van der Waals surface area contributed by atoms with Crippen molar-refractivity contribution >= 4 is 0 Å². The minimum Gasteiger partial charge on any atom is -0.382 e. The number of aliphatic hydroxyl groups is 1. The third kappa shape index (κ3) is 2.18. The van der Waals surface area contributed by atoms with Crippen molar-refractivity contribution in [1.82, 2.24) is 4.57 Å². The largest absolute Gasteiger partial charge is 0.382 e. The first-order valence-corrected chi connectivity index (χ1v) is 12.9. The first-order valence-electron chi connectivity index (χ1n) is 12.9. The number of rotatable bonds is 4. The van der Waals surface area contributed by atoms with Crippen LogP contribution in [0.15, 0.2) is 18.3 Å². The molecule has 0 aromatic carbocycles. The van der Waals surface area contributed by atoms with Crippen molar-refractivity contribution in [3.63, 3.8) is 0 Å². The SMILES string of the molecule is CCn1cccc1C(O)(C12CC3CC(CC(C3)C1)C2)C12CC3CC(CC(C3)C1)C2. The Hall–Kier alpha value is -0.760. The van der Waals surface area contributed by atoms with Crippen LogP contribution in [0.2, 0.25) is 0 Å². The van der Waals surface area contributed by atoms with Crippen molar-refractivity contribution in [2.45, 2.75) is 96.1 Å². The van der Waals surface area contributed by atoms with Gasteiger partial charge < -0.3 is 9.67 Å². The molecule has 0 spiro atoms. The van der Waals surface area contributed by atoms with Crippen LogP contribution in [0.5, 0.6) is 0 Å². The summed E-state index contributed by atoms with van der Waals surface area (Å²) in [7, 11) is 0. The molecule has 1 aromatic heterocycles. The summed E-state index contributed by atoms with van der Waals surface area (Å²) in [4.78, 5) is 0. The molecule has 8 fully saturated rings. The van der Waals surface area contributed by atoms with Crippen LogP contribution < -0.4 is 0 Å². The van der Waals surface area contributed by atoms with E-state index in [-0.39, 0.29) is 10.8 Å². The summed E-state index contributed by atoms with van der Waals surface area (Å²) in [5.41, 5.74) is 1.01. The Morgan fingerprint density at radius 3 is 1.52 bits per heavy atom. The molecule has 29 heavy (non-hydrogen) atoms. The highest BCUT2D eigenvalue weighted by atomic mass is 16.3. The molecule has 0 amide bonds. The minimum absolute atomic E-state index is 0.151. The lowest BCUT2D eigenvalue weighted by molar-refractivity contribution is -0.280. The smallest absolute Gasteiger partial charge is 0.116 e. The Morgan fingerprint density at radius 2 is 1.17 bits per heavy atom. The maximum absolute atomic E-state index is 13.4. The average molecular weight is 394 g/mol. The Kier molecular flexibility index (Phi) is 3.53. The summed E-state index contributed by atoms with van der Waals surface area (Å²) in [5, 5.41) is 13.4. The van der Waals surface area contributed by atoms with Gasteiger partial charge in [-0.25, -0.2) is 0 Å². The van der Waals surface area contributed by atoms with Gasteiger partial charge in [-0.15, -0.1) is 0 Å². The van der Waals surface area contributed by atoms with Gasteiger partial charge in [-0.2, -0.15) is 0 Å². The Morgan fingerprint density at radius 1 is 0.793 bits per heavy atom. The maximum Gasteiger partial charge on any atom is 0.116 e. The molecule has 8 aliphatic carbocycles. The molecular formula is C27H39NO. The van der Waals surface area contributed by atoms with Gasteiger partial charge in [0.2, 0.25) is 0 Å². The minimum atomic E-state index is -0.606. The molecule has 9 rings (SSSR count). The molecule has 1 heterocycles. The van der Waals surface area contributed by atoms with E-state index in [1.54, 1.807) is 0 Å². The average Bonchev–Trinajstić information content (AvgIpc) is 3.14. The number of nitrogens with zero attached hydrogens (tertiary/aromatic N) is 1. The molecule has 2 nitrogen and oxygen atoms in total. The van der Waals surface area contributed by atoms with Crippen molar-refractivity contribution in [2.24, 2.45) is 46.3 Å². The van der Waals surface area contributed by atoms with Gasteiger partial charge in [0.25, 0.3) is 0 Å². The third-order valence-electron chi connectivity index (χ3n) is 11.2. The van der Waals surface area contributed by atoms with Crippen LogP contribution in [-0.4, -0.2) is 9.67 Å².